The van der Waals surface area contributed by atoms with Crippen LogP contribution in [0.5, 0.6) is 0 Å². The van der Waals surface area contributed by atoms with E-state index in [-0.39, 0.29) is 24.0 Å². The molecule has 2 N–H and O–H groups in total. The highest BCUT2D eigenvalue weighted by atomic mass is 35.5. The van der Waals surface area contributed by atoms with Gasteiger partial charge in [0.05, 0.1) is 11.9 Å². The van der Waals surface area contributed by atoms with E-state index in [2.05, 4.69) is 20.6 Å². The number of hydrogen-bond acceptors (Lipinski definition) is 4. The van der Waals surface area contributed by atoms with Crippen molar-refractivity contribution in [2.45, 2.75) is 6.42 Å². The van der Waals surface area contributed by atoms with Crippen molar-refractivity contribution >= 4 is 34.2 Å². The zero-order valence-corrected chi connectivity index (χ0v) is 17.7. The van der Waals surface area contributed by atoms with Crippen molar-refractivity contribution in [3.63, 3.8) is 0 Å². The van der Waals surface area contributed by atoms with Crippen LogP contribution in [0.2, 0.25) is 5.02 Å². The van der Waals surface area contributed by atoms with Crippen molar-refractivity contribution < 1.29 is 13.6 Å². The molecule has 4 rings (SSSR count). The molecule has 0 radical (unpaired) electrons. The highest BCUT2D eigenvalue weighted by molar-refractivity contribution is 6.31. The zero-order valence-electron chi connectivity index (χ0n) is 16.9. The first-order chi connectivity index (χ1) is 15.5. The van der Waals surface area contributed by atoms with Crippen LogP contribution in [0.1, 0.15) is 5.56 Å². The molecule has 3 aromatic carbocycles. The molecule has 1 aromatic heterocycles. The quantitative estimate of drug-likeness (QED) is 0.387. The van der Waals surface area contributed by atoms with Crippen LogP contribution in [0.25, 0.3) is 22.3 Å². The molecule has 0 fully saturated rings. The van der Waals surface area contributed by atoms with Gasteiger partial charge in [-0.3, -0.25) is 4.79 Å². The Morgan fingerprint density at radius 3 is 2.28 bits per heavy atom. The fourth-order valence-corrected chi connectivity index (χ4v) is 3.36. The molecule has 0 unspecified atom stereocenters. The SMILES string of the molecule is O=C(Cc1ccc(F)cc1)NCCNc1nc(-c2ccc(F)cc2)nc2cc(Cl)ccc12. The Kier molecular flexibility index (Phi) is 6.56. The smallest absolute Gasteiger partial charge is 0.224 e. The first-order valence-corrected chi connectivity index (χ1v) is 10.3. The van der Waals surface area contributed by atoms with Crippen LogP contribution < -0.4 is 10.6 Å². The number of rotatable bonds is 7. The van der Waals surface area contributed by atoms with E-state index in [0.29, 0.717) is 40.8 Å². The van der Waals surface area contributed by atoms with Crippen LogP contribution >= 0.6 is 11.6 Å². The van der Waals surface area contributed by atoms with Crippen molar-refractivity contribution in [2.24, 2.45) is 0 Å². The minimum Gasteiger partial charge on any atom is -0.368 e. The standard InChI is InChI=1S/C24H19ClF2N4O/c25-17-5-10-20-21(14-17)30-23(16-3-8-19(27)9-4-16)31-24(20)29-12-11-28-22(32)13-15-1-6-18(26)7-2-15/h1-10,14H,11-13H2,(H,28,32)(H,29,30,31). The van der Waals surface area contributed by atoms with Gasteiger partial charge in [-0.2, -0.15) is 0 Å². The van der Waals surface area contributed by atoms with Crippen molar-refractivity contribution in [3.8, 4) is 11.4 Å². The molecular weight excluding hydrogens is 434 g/mol. The van der Waals surface area contributed by atoms with Crippen molar-refractivity contribution in [3.05, 3.63) is 89.0 Å². The van der Waals surface area contributed by atoms with Gasteiger partial charge in [-0.15, -0.1) is 0 Å². The third-order valence-corrected chi connectivity index (χ3v) is 5.01. The molecule has 0 saturated carbocycles. The minimum atomic E-state index is -0.340. The molecule has 32 heavy (non-hydrogen) atoms. The number of carbonyl (C=O) groups excluding carboxylic acids is 1. The highest BCUT2D eigenvalue weighted by Gasteiger charge is 2.11. The molecule has 1 amide bonds. The van der Waals surface area contributed by atoms with Gasteiger partial charge in [-0.1, -0.05) is 23.7 Å². The molecule has 0 aliphatic carbocycles. The number of hydrogen-bond donors (Lipinski definition) is 2. The Morgan fingerprint density at radius 2 is 1.56 bits per heavy atom. The van der Waals surface area contributed by atoms with Crippen molar-refractivity contribution in [1.82, 2.24) is 15.3 Å². The van der Waals surface area contributed by atoms with Crippen LogP contribution in [0, 0.1) is 11.6 Å². The van der Waals surface area contributed by atoms with Crippen LogP contribution in [-0.4, -0.2) is 29.0 Å². The second kappa shape index (κ2) is 9.70. The predicted octanol–water partition coefficient (Wildman–Crippen LogP) is 5.00. The number of aromatic nitrogens is 2. The number of anilines is 1. The lowest BCUT2D eigenvalue weighted by molar-refractivity contribution is -0.120. The molecule has 5 nitrogen and oxygen atoms in total. The average molecular weight is 453 g/mol. The number of benzene rings is 3. The molecular formula is C24H19ClF2N4O. The molecule has 0 bridgehead atoms. The maximum atomic E-state index is 13.3. The number of halogens is 3. The normalized spacial score (nSPS) is 10.8. The summed E-state index contributed by atoms with van der Waals surface area (Å²) >= 11 is 6.13. The van der Waals surface area contributed by atoms with Crippen molar-refractivity contribution in [1.29, 1.82) is 0 Å². The summed E-state index contributed by atoms with van der Waals surface area (Å²) in [5.74, 6) is 0.176. The van der Waals surface area contributed by atoms with Gasteiger partial charge in [0.1, 0.15) is 17.5 Å². The van der Waals surface area contributed by atoms with Crippen LogP contribution in [-0.2, 0) is 11.2 Å². The second-order valence-corrected chi connectivity index (χ2v) is 7.58. The molecule has 0 aliphatic heterocycles. The summed E-state index contributed by atoms with van der Waals surface area (Å²) in [6.07, 6.45) is 0.171. The zero-order chi connectivity index (χ0) is 22.5. The summed E-state index contributed by atoms with van der Waals surface area (Å²) in [5, 5.41) is 7.36. The van der Waals surface area contributed by atoms with Crippen LogP contribution in [0.3, 0.4) is 0 Å². The maximum absolute atomic E-state index is 13.3. The van der Waals surface area contributed by atoms with E-state index in [4.69, 9.17) is 11.6 Å². The highest BCUT2D eigenvalue weighted by Crippen LogP contribution is 2.27. The monoisotopic (exact) mass is 452 g/mol. The molecule has 0 spiro atoms. The molecule has 0 aliphatic rings. The van der Waals surface area contributed by atoms with E-state index < -0.39 is 0 Å². The van der Waals surface area contributed by atoms with Crippen LogP contribution in [0.4, 0.5) is 14.6 Å². The molecule has 1 heterocycles. The van der Waals surface area contributed by atoms with Crippen molar-refractivity contribution in [2.75, 3.05) is 18.4 Å². The summed E-state index contributed by atoms with van der Waals surface area (Å²) in [6.45, 7) is 0.789. The topological polar surface area (TPSA) is 66.9 Å². The first-order valence-electron chi connectivity index (χ1n) is 9.96. The summed E-state index contributed by atoms with van der Waals surface area (Å²) in [7, 11) is 0. The third-order valence-electron chi connectivity index (χ3n) is 4.78. The lowest BCUT2D eigenvalue weighted by Crippen LogP contribution is -2.30. The van der Waals surface area contributed by atoms with Gasteiger partial charge in [-0.05, 0) is 60.2 Å². The van der Waals surface area contributed by atoms with Gasteiger partial charge in [0.15, 0.2) is 5.82 Å². The fraction of sp³-hybridized carbons (Fsp3) is 0.125. The Hall–Kier alpha value is -3.58. The number of nitrogens with one attached hydrogen (secondary N) is 2. The summed E-state index contributed by atoms with van der Waals surface area (Å²) < 4.78 is 26.3. The van der Waals surface area contributed by atoms with Gasteiger partial charge in [0.2, 0.25) is 5.91 Å². The summed E-state index contributed by atoms with van der Waals surface area (Å²) in [6, 6.07) is 17.1. The third kappa shape index (κ3) is 5.36. The Bertz CT molecular complexity index is 1250. The largest absolute Gasteiger partial charge is 0.368 e. The Labute approximate surface area is 188 Å². The fourth-order valence-electron chi connectivity index (χ4n) is 3.20. The van der Waals surface area contributed by atoms with E-state index in [1.54, 1.807) is 36.4 Å². The van der Waals surface area contributed by atoms with E-state index in [1.165, 1.54) is 24.3 Å². The van der Waals surface area contributed by atoms with Gasteiger partial charge < -0.3 is 10.6 Å². The second-order valence-electron chi connectivity index (χ2n) is 7.14. The predicted molar refractivity (Wildman–Crippen MR) is 122 cm³/mol. The van der Waals surface area contributed by atoms with Gasteiger partial charge in [0.25, 0.3) is 0 Å². The van der Waals surface area contributed by atoms with E-state index >= 15 is 0 Å². The van der Waals surface area contributed by atoms with E-state index in [1.807, 2.05) is 6.07 Å². The number of amides is 1. The molecule has 0 atom stereocenters. The Balaban J connectivity index is 1.45. The summed E-state index contributed by atoms with van der Waals surface area (Å²) in [4.78, 5) is 21.3. The number of nitrogens with zero attached hydrogens (tertiary/aromatic N) is 2. The van der Waals surface area contributed by atoms with Gasteiger partial charge in [-0.25, -0.2) is 18.7 Å². The van der Waals surface area contributed by atoms with Gasteiger partial charge in [0, 0.05) is 29.1 Å². The average Bonchev–Trinajstić information content (AvgIpc) is 2.78. The summed E-state index contributed by atoms with van der Waals surface area (Å²) in [5.41, 5.74) is 2.05. The molecule has 162 valence electrons. The lowest BCUT2D eigenvalue weighted by Gasteiger charge is -2.12. The van der Waals surface area contributed by atoms with E-state index in [0.717, 1.165) is 10.9 Å². The molecule has 8 heteroatoms. The Morgan fingerprint density at radius 1 is 0.875 bits per heavy atom. The first kappa shape index (κ1) is 21.6. The lowest BCUT2D eigenvalue weighted by atomic mass is 10.1. The minimum absolute atomic E-state index is 0.162. The molecule has 4 aromatic rings. The van der Waals surface area contributed by atoms with E-state index in [9.17, 15) is 13.6 Å². The molecule has 0 saturated heterocycles. The maximum Gasteiger partial charge on any atom is 0.224 e. The van der Waals surface area contributed by atoms with Gasteiger partial charge >= 0.3 is 0 Å². The van der Waals surface area contributed by atoms with Crippen LogP contribution in [0.15, 0.2) is 66.7 Å². The number of fused-ring (bicyclic) bond motifs is 1. The number of carbonyl (C=O) groups is 1.